The van der Waals surface area contributed by atoms with Crippen molar-refractivity contribution in [1.82, 2.24) is 4.90 Å². The molecule has 0 spiro atoms. The number of β-lactam (4-membered cyclic amide) rings is 1. The van der Waals surface area contributed by atoms with Gasteiger partial charge in [0.15, 0.2) is 15.9 Å². The molecule has 0 saturated carbocycles. The number of amides is 1. The number of fused-ring (bicyclic) bond motifs is 1. The molecule has 0 unspecified atom stereocenters. The average molecular weight is 426 g/mol. The normalized spacial score (nSPS) is 24.6. The third-order valence-electron chi connectivity index (χ3n) is 4.60. The van der Waals surface area contributed by atoms with Crippen LogP contribution >= 0.6 is 11.6 Å². The number of rotatable bonds is 8. The first-order valence-corrected chi connectivity index (χ1v) is 10.2. The Morgan fingerprint density at radius 2 is 1.74 bits per heavy atom. The van der Waals surface area contributed by atoms with Gasteiger partial charge in [0.2, 0.25) is 12.7 Å². The number of carbonyl (C=O) groups is 4. The maximum Gasteiger partial charge on any atom is 0.333 e. The fraction of sp³-hybridized carbons (Fsp3) is 0.733. The van der Waals surface area contributed by atoms with E-state index in [9.17, 15) is 27.6 Å². The number of halogens is 1. The summed E-state index contributed by atoms with van der Waals surface area (Å²) in [7, 11) is -3.72. The lowest BCUT2D eigenvalue weighted by Crippen LogP contribution is -2.57. The summed E-state index contributed by atoms with van der Waals surface area (Å²) in [5, 5.41) is -1.02. The molecule has 2 fully saturated rings. The number of hydrogen-bond acceptors (Lipinski definition) is 9. The Morgan fingerprint density at radius 3 is 2.30 bits per heavy atom. The van der Waals surface area contributed by atoms with Crippen LogP contribution in [0.4, 0.5) is 0 Å². The fourth-order valence-corrected chi connectivity index (χ4v) is 5.27. The molecular formula is C15H20ClNO9S. The van der Waals surface area contributed by atoms with E-state index >= 15 is 0 Å². The highest BCUT2D eigenvalue weighted by molar-refractivity contribution is 7.93. The van der Waals surface area contributed by atoms with Gasteiger partial charge in [0, 0.05) is 12.8 Å². The summed E-state index contributed by atoms with van der Waals surface area (Å²) in [5.41, 5.74) is 0. The fourth-order valence-electron chi connectivity index (χ4n) is 3.02. The van der Waals surface area contributed by atoms with E-state index in [0.717, 1.165) is 4.90 Å². The maximum absolute atomic E-state index is 12.4. The SMILES string of the molecule is CC1(C)[C@H](C(=O)OCOC(=O)CCCC(=O)OCCl)N2C(=O)C[C@H]2S1(=O)=O. The van der Waals surface area contributed by atoms with E-state index < -0.39 is 56.6 Å². The van der Waals surface area contributed by atoms with Crippen LogP contribution in [0.2, 0.25) is 0 Å². The van der Waals surface area contributed by atoms with E-state index in [0.29, 0.717) is 0 Å². The zero-order chi connectivity index (χ0) is 20.4. The molecule has 0 aliphatic carbocycles. The van der Waals surface area contributed by atoms with Crippen molar-refractivity contribution in [3.8, 4) is 0 Å². The molecule has 2 saturated heterocycles. The van der Waals surface area contributed by atoms with Gasteiger partial charge in [-0.15, -0.1) is 0 Å². The molecule has 2 heterocycles. The van der Waals surface area contributed by atoms with Gasteiger partial charge in [0.25, 0.3) is 0 Å². The molecule has 0 N–H and O–H groups in total. The monoisotopic (exact) mass is 425 g/mol. The van der Waals surface area contributed by atoms with Gasteiger partial charge < -0.3 is 19.1 Å². The number of sulfone groups is 1. The summed E-state index contributed by atoms with van der Waals surface area (Å²) < 4.78 is 37.4. The third-order valence-corrected chi connectivity index (χ3v) is 7.51. The van der Waals surface area contributed by atoms with Gasteiger partial charge in [-0.25, -0.2) is 13.2 Å². The van der Waals surface area contributed by atoms with Gasteiger partial charge >= 0.3 is 17.9 Å². The lowest BCUT2D eigenvalue weighted by atomic mass is 9.98. The highest BCUT2D eigenvalue weighted by atomic mass is 35.5. The van der Waals surface area contributed by atoms with Crippen LogP contribution in [0.3, 0.4) is 0 Å². The molecule has 0 aromatic carbocycles. The number of hydrogen-bond donors (Lipinski definition) is 0. The van der Waals surface area contributed by atoms with E-state index in [4.69, 9.17) is 21.1 Å². The van der Waals surface area contributed by atoms with Gasteiger partial charge in [-0.3, -0.25) is 14.4 Å². The van der Waals surface area contributed by atoms with Crippen molar-refractivity contribution in [3.63, 3.8) is 0 Å². The predicted molar refractivity (Wildman–Crippen MR) is 89.8 cm³/mol. The summed E-state index contributed by atoms with van der Waals surface area (Å²) >= 11 is 5.21. The molecule has 2 rings (SSSR count). The highest BCUT2D eigenvalue weighted by Gasteiger charge is 2.68. The summed E-state index contributed by atoms with van der Waals surface area (Å²) in [6, 6.07) is -1.56. The average Bonchev–Trinajstić information content (AvgIpc) is 2.68. The van der Waals surface area contributed by atoms with Gasteiger partial charge in [-0.2, -0.15) is 0 Å². The topological polar surface area (TPSA) is 133 Å². The largest absolute Gasteiger partial charge is 0.449 e. The van der Waals surface area contributed by atoms with Crippen molar-refractivity contribution >= 4 is 45.3 Å². The second-order valence-corrected chi connectivity index (χ2v) is 9.49. The molecule has 0 aromatic rings. The zero-order valence-electron chi connectivity index (χ0n) is 14.8. The molecule has 12 heteroatoms. The predicted octanol–water partition coefficient (Wildman–Crippen LogP) is 0.0741. The van der Waals surface area contributed by atoms with Crippen LogP contribution in [0.1, 0.15) is 39.5 Å². The van der Waals surface area contributed by atoms with Crippen molar-refractivity contribution in [3.05, 3.63) is 0 Å². The lowest BCUT2D eigenvalue weighted by Gasteiger charge is -2.36. The Kier molecular flexibility index (Phi) is 6.35. The maximum atomic E-state index is 12.4. The van der Waals surface area contributed by atoms with Crippen molar-refractivity contribution in [2.75, 3.05) is 12.9 Å². The van der Waals surface area contributed by atoms with E-state index in [1.165, 1.54) is 13.8 Å². The second-order valence-electron chi connectivity index (χ2n) is 6.59. The molecule has 2 aliphatic heterocycles. The molecule has 2 aliphatic rings. The number of carbonyl (C=O) groups excluding carboxylic acids is 4. The first kappa shape index (κ1) is 21.4. The van der Waals surface area contributed by atoms with Crippen LogP contribution < -0.4 is 0 Å². The van der Waals surface area contributed by atoms with E-state index in [-0.39, 0.29) is 31.7 Å². The van der Waals surface area contributed by atoms with Crippen LogP contribution in [0, 0.1) is 0 Å². The van der Waals surface area contributed by atoms with E-state index in [1.807, 2.05) is 0 Å². The van der Waals surface area contributed by atoms with Crippen LogP contribution in [0.25, 0.3) is 0 Å². The Hall–Kier alpha value is -1.88. The van der Waals surface area contributed by atoms with Gasteiger partial charge in [-0.05, 0) is 20.3 Å². The molecule has 0 bridgehead atoms. The quantitative estimate of drug-likeness (QED) is 0.229. The molecule has 1 amide bonds. The number of ether oxygens (including phenoxy) is 3. The molecule has 152 valence electrons. The van der Waals surface area contributed by atoms with Crippen molar-refractivity contribution in [2.24, 2.45) is 0 Å². The van der Waals surface area contributed by atoms with Crippen molar-refractivity contribution < 1.29 is 41.8 Å². The van der Waals surface area contributed by atoms with Crippen LogP contribution in [-0.2, 0) is 43.2 Å². The third kappa shape index (κ3) is 4.03. The Balaban J connectivity index is 1.81. The summed E-state index contributed by atoms with van der Waals surface area (Å²) in [4.78, 5) is 47.6. The summed E-state index contributed by atoms with van der Waals surface area (Å²) in [6.45, 7) is 1.99. The van der Waals surface area contributed by atoms with Crippen LogP contribution in [-0.4, -0.2) is 66.2 Å². The Morgan fingerprint density at radius 1 is 1.15 bits per heavy atom. The van der Waals surface area contributed by atoms with Crippen molar-refractivity contribution in [2.45, 2.75) is 55.7 Å². The highest BCUT2D eigenvalue weighted by Crippen LogP contribution is 2.45. The van der Waals surface area contributed by atoms with Gasteiger partial charge in [0.05, 0.1) is 11.2 Å². The smallest absolute Gasteiger partial charge is 0.333 e. The molecule has 0 aromatic heterocycles. The van der Waals surface area contributed by atoms with Crippen LogP contribution in [0.5, 0.6) is 0 Å². The minimum Gasteiger partial charge on any atom is -0.449 e. The van der Waals surface area contributed by atoms with Gasteiger partial charge in [0.1, 0.15) is 11.4 Å². The summed E-state index contributed by atoms with van der Waals surface area (Å²) in [6.07, 6.45) is -0.115. The standard InChI is InChI=1S/C15H20ClNO9S/c1-15(2)13(17-9(18)6-10(17)27(15,22)23)14(21)26-8-25-12(20)5-3-4-11(19)24-7-16/h10,13H,3-8H2,1-2H3/t10-,13+/m1/s1. The minimum atomic E-state index is -3.72. The zero-order valence-corrected chi connectivity index (χ0v) is 16.4. The van der Waals surface area contributed by atoms with Crippen LogP contribution in [0.15, 0.2) is 0 Å². The minimum absolute atomic E-state index is 0.0197. The second kappa shape index (κ2) is 8.01. The molecule has 0 radical (unpaired) electrons. The summed E-state index contributed by atoms with van der Waals surface area (Å²) in [5.74, 6) is -2.67. The molecule has 27 heavy (non-hydrogen) atoms. The van der Waals surface area contributed by atoms with Crippen molar-refractivity contribution in [1.29, 1.82) is 0 Å². The Labute approximate surface area is 161 Å². The number of esters is 3. The van der Waals surface area contributed by atoms with E-state index in [1.54, 1.807) is 0 Å². The van der Waals surface area contributed by atoms with E-state index in [2.05, 4.69) is 4.74 Å². The number of alkyl halides is 1. The number of nitrogens with zero attached hydrogens (tertiary/aromatic N) is 1. The Bertz CT molecular complexity index is 748. The van der Waals surface area contributed by atoms with Gasteiger partial charge in [-0.1, -0.05) is 11.6 Å². The first-order valence-electron chi connectivity index (χ1n) is 8.12. The molecular weight excluding hydrogens is 406 g/mol. The lowest BCUT2D eigenvalue weighted by molar-refractivity contribution is -0.175. The molecule has 10 nitrogen and oxygen atoms in total. The first-order chi connectivity index (χ1) is 12.5. The molecule has 2 atom stereocenters.